The summed E-state index contributed by atoms with van der Waals surface area (Å²) in [4.78, 5) is 29.9. The van der Waals surface area contributed by atoms with Crippen molar-refractivity contribution >= 4 is 18.0 Å². The van der Waals surface area contributed by atoms with Gasteiger partial charge in [-0.3, -0.25) is 9.59 Å². The number of hydrogen-bond donors (Lipinski definition) is 2. The number of aldehydes is 1. The molecule has 0 aliphatic carbocycles. The van der Waals surface area contributed by atoms with Gasteiger partial charge >= 0.3 is 5.97 Å². The van der Waals surface area contributed by atoms with Gasteiger partial charge in [-0.1, -0.05) is 0 Å². The molecule has 0 spiro atoms. The van der Waals surface area contributed by atoms with Crippen molar-refractivity contribution in [2.45, 2.75) is 26.4 Å². The number of carboxylic acid groups (broad SMARTS) is 1. The molecule has 0 radical (unpaired) electrons. The molecule has 1 heterocycles. The lowest BCUT2D eigenvalue weighted by atomic mass is 10.2. The second kappa shape index (κ2) is 8.23. The van der Waals surface area contributed by atoms with Crippen LogP contribution in [0, 0.1) is 0 Å². The maximum Gasteiger partial charge on any atom is 0.303 e. The number of aliphatic hydroxyl groups is 1. The van der Waals surface area contributed by atoms with Crippen LogP contribution < -0.4 is 0 Å². The summed E-state index contributed by atoms with van der Waals surface area (Å²) in [5, 5.41) is 16.5. The Morgan fingerprint density at radius 3 is 2.35 bits per heavy atom. The van der Waals surface area contributed by atoms with Gasteiger partial charge in [0.15, 0.2) is 12.0 Å². The van der Waals surface area contributed by atoms with E-state index in [-0.39, 0.29) is 31.0 Å². The number of ketones is 1. The number of furan rings is 1. The second-order valence-corrected chi connectivity index (χ2v) is 3.18. The molecule has 1 rings (SSSR count). The standard InChI is InChI=1S/C6H6O3.C5H8O3/c7-3-5-1-2-9-6(5)4-8;1-4(6)2-3-5(7)8/h1-2,4,7H,3H2;2-3H2,1H3,(H,7,8). The fraction of sp³-hybridized carbons (Fsp3) is 0.364. The molecule has 6 heteroatoms. The number of carboxylic acids is 1. The van der Waals surface area contributed by atoms with Crippen molar-refractivity contribution < 1.29 is 29.0 Å². The van der Waals surface area contributed by atoms with Gasteiger partial charge in [0.1, 0.15) is 5.78 Å². The van der Waals surface area contributed by atoms with E-state index in [1.54, 1.807) is 6.07 Å². The van der Waals surface area contributed by atoms with Crippen LogP contribution in [-0.4, -0.2) is 28.3 Å². The van der Waals surface area contributed by atoms with Crippen LogP contribution in [0.15, 0.2) is 16.7 Å². The van der Waals surface area contributed by atoms with Crippen molar-refractivity contribution in [3.05, 3.63) is 23.7 Å². The first-order valence-corrected chi connectivity index (χ1v) is 4.84. The Morgan fingerprint density at radius 2 is 2.06 bits per heavy atom. The molecule has 0 amide bonds. The monoisotopic (exact) mass is 242 g/mol. The number of hydrogen-bond acceptors (Lipinski definition) is 5. The third-order valence-corrected chi connectivity index (χ3v) is 1.75. The Morgan fingerprint density at radius 1 is 1.41 bits per heavy atom. The minimum absolute atomic E-state index is 0.0463. The molecule has 0 saturated carbocycles. The first kappa shape index (κ1) is 15.0. The highest BCUT2D eigenvalue weighted by Crippen LogP contribution is 2.06. The third kappa shape index (κ3) is 7.02. The molecule has 1 aromatic rings. The Kier molecular flexibility index (Phi) is 7.29. The molecule has 0 unspecified atom stereocenters. The van der Waals surface area contributed by atoms with Crippen LogP contribution in [0.4, 0.5) is 0 Å². The van der Waals surface area contributed by atoms with Gasteiger partial charge in [0.25, 0.3) is 0 Å². The summed E-state index contributed by atoms with van der Waals surface area (Å²) in [5.41, 5.74) is 0.532. The Balaban J connectivity index is 0.000000304. The van der Waals surface area contributed by atoms with E-state index in [0.29, 0.717) is 11.8 Å². The van der Waals surface area contributed by atoms with E-state index in [1.807, 2.05) is 0 Å². The summed E-state index contributed by atoms with van der Waals surface area (Å²) < 4.78 is 4.68. The summed E-state index contributed by atoms with van der Waals surface area (Å²) in [6.45, 7) is 1.23. The molecule has 1 aromatic heterocycles. The fourth-order valence-electron chi connectivity index (χ4n) is 0.864. The Labute approximate surface area is 97.9 Å². The zero-order chi connectivity index (χ0) is 13.3. The topological polar surface area (TPSA) is 105 Å². The van der Waals surface area contributed by atoms with Gasteiger partial charge in [0.05, 0.1) is 19.3 Å². The van der Waals surface area contributed by atoms with E-state index in [0.717, 1.165) is 0 Å². The quantitative estimate of drug-likeness (QED) is 0.747. The highest BCUT2D eigenvalue weighted by Gasteiger charge is 2.01. The number of aliphatic hydroxyl groups excluding tert-OH is 1. The molecule has 0 aliphatic heterocycles. The van der Waals surface area contributed by atoms with Crippen LogP contribution in [0.25, 0.3) is 0 Å². The van der Waals surface area contributed by atoms with Crippen molar-refractivity contribution in [1.29, 1.82) is 0 Å². The number of rotatable bonds is 5. The summed E-state index contributed by atoms with van der Waals surface area (Å²) in [6.07, 6.45) is 2.05. The minimum Gasteiger partial charge on any atom is -0.481 e. The van der Waals surface area contributed by atoms with E-state index < -0.39 is 5.97 Å². The van der Waals surface area contributed by atoms with E-state index >= 15 is 0 Å². The van der Waals surface area contributed by atoms with Gasteiger partial charge in [-0.05, 0) is 13.0 Å². The van der Waals surface area contributed by atoms with Crippen molar-refractivity contribution in [3.8, 4) is 0 Å². The normalized spacial score (nSPS) is 9.06. The molecule has 0 bridgehead atoms. The summed E-state index contributed by atoms with van der Waals surface area (Å²) in [5.74, 6) is -0.787. The van der Waals surface area contributed by atoms with Gasteiger partial charge in [-0.25, -0.2) is 0 Å². The number of carbonyl (C=O) groups is 3. The van der Waals surface area contributed by atoms with Crippen LogP contribution in [0.1, 0.15) is 35.9 Å². The summed E-state index contributed by atoms with van der Waals surface area (Å²) in [6, 6.07) is 1.56. The maximum atomic E-state index is 10.1. The Hall–Kier alpha value is -1.95. The van der Waals surface area contributed by atoms with Gasteiger partial charge in [0.2, 0.25) is 0 Å². The SMILES string of the molecule is CC(=O)CCC(=O)O.O=Cc1occc1CO. The van der Waals surface area contributed by atoms with Crippen LogP contribution in [-0.2, 0) is 16.2 Å². The molecule has 0 aromatic carbocycles. The van der Waals surface area contributed by atoms with Gasteiger partial charge in [-0.2, -0.15) is 0 Å². The molecular formula is C11H14O6. The lowest BCUT2D eigenvalue weighted by Gasteiger charge is -1.86. The molecular weight excluding hydrogens is 228 g/mol. The average molecular weight is 242 g/mol. The highest BCUT2D eigenvalue weighted by molar-refractivity contribution is 5.80. The molecule has 0 fully saturated rings. The smallest absolute Gasteiger partial charge is 0.303 e. The maximum absolute atomic E-state index is 10.1. The first-order valence-electron chi connectivity index (χ1n) is 4.84. The van der Waals surface area contributed by atoms with Crippen LogP contribution in [0.2, 0.25) is 0 Å². The lowest BCUT2D eigenvalue weighted by Crippen LogP contribution is -1.98. The van der Waals surface area contributed by atoms with E-state index in [9.17, 15) is 14.4 Å². The molecule has 0 aliphatic rings. The van der Waals surface area contributed by atoms with Crippen molar-refractivity contribution in [2.75, 3.05) is 0 Å². The minimum atomic E-state index is -0.916. The second-order valence-electron chi connectivity index (χ2n) is 3.18. The molecule has 17 heavy (non-hydrogen) atoms. The molecule has 6 nitrogen and oxygen atoms in total. The average Bonchev–Trinajstić information content (AvgIpc) is 2.74. The van der Waals surface area contributed by atoms with E-state index in [4.69, 9.17) is 10.2 Å². The zero-order valence-electron chi connectivity index (χ0n) is 9.38. The van der Waals surface area contributed by atoms with Crippen molar-refractivity contribution in [2.24, 2.45) is 0 Å². The fourth-order valence-corrected chi connectivity index (χ4v) is 0.864. The highest BCUT2D eigenvalue weighted by atomic mass is 16.4. The molecule has 94 valence electrons. The third-order valence-electron chi connectivity index (χ3n) is 1.75. The van der Waals surface area contributed by atoms with Gasteiger partial charge in [0, 0.05) is 12.0 Å². The number of aliphatic carboxylic acids is 1. The predicted octanol–water partition coefficient (Wildman–Crippen LogP) is 1.02. The van der Waals surface area contributed by atoms with Gasteiger partial charge in [-0.15, -0.1) is 0 Å². The number of carbonyl (C=O) groups excluding carboxylic acids is 2. The van der Waals surface area contributed by atoms with Crippen LogP contribution >= 0.6 is 0 Å². The van der Waals surface area contributed by atoms with Gasteiger partial charge < -0.3 is 19.4 Å². The molecule has 0 saturated heterocycles. The van der Waals surface area contributed by atoms with Crippen molar-refractivity contribution in [1.82, 2.24) is 0 Å². The molecule has 0 atom stereocenters. The van der Waals surface area contributed by atoms with E-state index in [2.05, 4.69) is 4.42 Å². The number of Topliss-reactive ketones (excluding diaryl/α,β-unsaturated/α-hetero) is 1. The largest absolute Gasteiger partial charge is 0.481 e. The lowest BCUT2D eigenvalue weighted by molar-refractivity contribution is -0.138. The first-order chi connectivity index (χ1) is 8.01. The summed E-state index contributed by atoms with van der Waals surface area (Å²) >= 11 is 0. The van der Waals surface area contributed by atoms with E-state index in [1.165, 1.54) is 13.2 Å². The Bertz CT molecular complexity index is 365. The van der Waals surface area contributed by atoms with Crippen LogP contribution in [0.5, 0.6) is 0 Å². The van der Waals surface area contributed by atoms with Crippen molar-refractivity contribution in [3.63, 3.8) is 0 Å². The predicted molar refractivity (Wildman–Crippen MR) is 57.6 cm³/mol. The zero-order valence-corrected chi connectivity index (χ0v) is 9.38. The summed E-state index contributed by atoms with van der Waals surface area (Å²) in [7, 11) is 0. The molecule has 2 N–H and O–H groups in total. The van der Waals surface area contributed by atoms with Crippen LogP contribution in [0.3, 0.4) is 0 Å².